The summed E-state index contributed by atoms with van der Waals surface area (Å²) in [5.41, 5.74) is 0.646. The topological polar surface area (TPSA) is 91.6 Å². The second kappa shape index (κ2) is 7.31. The van der Waals surface area contributed by atoms with Gasteiger partial charge in [0.15, 0.2) is 5.76 Å². The number of carbonyl (C=O) groups excluding carboxylic acids is 2. The maximum absolute atomic E-state index is 12.0. The molecule has 2 rings (SSSR count). The maximum atomic E-state index is 12.0. The SMILES string of the molecule is CCOc1ccc(C(CC(=O)[O-])NC(=O)c2ccco2)cc1. The van der Waals surface area contributed by atoms with Crippen molar-refractivity contribution >= 4 is 11.9 Å². The van der Waals surface area contributed by atoms with Crippen molar-refractivity contribution in [2.24, 2.45) is 0 Å². The summed E-state index contributed by atoms with van der Waals surface area (Å²) in [6, 6.07) is 9.24. The van der Waals surface area contributed by atoms with E-state index in [4.69, 9.17) is 9.15 Å². The van der Waals surface area contributed by atoms with E-state index in [9.17, 15) is 14.7 Å². The van der Waals surface area contributed by atoms with Crippen LogP contribution in [0.4, 0.5) is 0 Å². The van der Waals surface area contributed by atoms with Gasteiger partial charge >= 0.3 is 0 Å². The Morgan fingerprint density at radius 1 is 1.27 bits per heavy atom. The minimum absolute atomic E-state index is 0.120. The number of rotatable bonds is 7. The molecule has 0 saturated heterocycles. The van der Waals surface area contributed by atoms with E-state index in [2.05, 4.69) is 5.32 Å². The van der Waals surface area contributed by atoms with Gasteiger partial charge in [-0.1, -0.05) is 12.1 Å². The minimum Gasteiger partial charge on any atom is -0.550 e. The van der Waals surface area contributed by atoms with Gasteiger partial charge in [-0.05, 0) is 36.8 Å². The fourth-order valence-corrected chi connectivity index (χ4v) is 2.02. The van der Waals surface area contributed by atoms with Crippen LogP contribution in [0.3, 0.4) is 0 Å². The third-order valence-electron chi connectivity index (χ3n) is 3.01. The van der Waals surface area contributed by atoms with Crippen LogP contribution in [-0.2, 0) is 4.79 Å². The molecule has 6 nitrogen and oxygen atoms in total. The van der Waals surface area contributed by atoms with Crippen LogP contribution < -0.4 is 15.2 Å². The van der Waals surface area contributed by atoms with Crippen molar-refractivity contribution in [1.29, 1.82) is 0 Å². The molecule has 1 unspecified atom stereocenters. The summed E-state index contributed by atoms with van der Waals surface area (Å²) in [6.07, 6.45) is 1.04. The van der Waals surface area contributed by atoms with E-state index in [1.165, 1.54) is 12.3 Å². The van der Waals surface area contributed by atoms with Crippen LogP contribution in [0.2, 0.25) is 0 Å². The second-order valence-corrected chi connectivity index (χ2v) is 4.58. The molecule has 0 aliphatic carbocycles. The molecule has 0 radical (unpaired) electrons. The van der Waals surface area contributed by atoms with Crippen LogP contribution in [0.5, 0.6) is 5.75 Å². The molecule has 1 amide bonds. The number of carbonyl (C=O) groups is 2. The summed E-state index contributed by atoms with van der Waals surface area (Å²) in [4.78, 5) is 22.9. The first-order valence-electron chi connectivity index (χ1n) is 6.87. The second-order valence-electron chi connectivity index (χ2n) is 4.58. The zero-order chi connectivity index (χ0) is 15.9. The summed E-state index contributed by atoms with van der Waals surface area (Å²) in [5.74, 6) is -0.936. The van der Waals surface area contributed by atoms with E-state index < -0.39 is 17.9 Å². The molecule has 0 fully saturated rings. The van der Waals surface area contributed by atoms with Crippen molar-refractivity contribution in [3.05, 3.63) is 54.0 Å². The Hall–Kier alpha value is -2.76. The molecule has 0 bridgehead atoms. The number of furan rings is 1. The number of amides is 1. The van der Waals surface area contributed by atoms with E-state index >= 15 is 0 Å². The lowest BCUT2D eigenvalue weighted by atomic mass is 10.0. The van der Waals surface area contributed by atoms with E-state index in [-0.39, 0.29) is 12.2 Å². The molecular formula is C16H16NO5-. The first-order valence-corrected chi connectivity index (χ1v) is 6.87. The molecule has 0 aliphatic rings. The highest BCUT2D eigenvalue weighted by molar-refractivity contribution is 5.91. The quantitative estimate of drug-likeness (QED) is 0.832. The molecule has 6 heteroatoms. The van der Waals surface area contributed by atoms with Crippen LogP contribution in [0.15, 0.2) is 47.1 Å². The maximum Gasteiger partial charge on any atom is 0.287 e. The van der Waals surface area contributed by atoms with Gasteiger partial charge in [-0.15, -0.1) is 0 Å². The van der Waals surface area contributed by atoms with E-state index in [1.54, 1.807) is 30.3 Å². The lowest BCUT2D eigenvalue weighted by Crippen LogP contribution is -2.34. The fourth-order valence-electron chi connectivity index (χ4n) is 2.02. The minimum atomic E-state index is -1.25. The summed E-state index contributed by atoms with van der Waals surface area (Å²) >= 11 is 0. The standard InChI is InChI=1S/C16H17NO5/c1-2-21-12-7-5-11(6-8-12)13(10-15(18)19)17-16(20)14-4-3-9-22-14/h3-9,13H,2,10H2,1H3,(H,17,20)(H,18,19)/p-1. The van der Waals surface area contributed by atoms with Crippen molar-refractivity contribution in [3.63, 3.8) is 0 Å². The van der Waals surface area contributed by atoms with Gasteiger partial charge in [0.05, 0.1) is 18.9 Å². The number of carboxylic acids is 1. The van der Waals surface area contributed by atoms with Gasteiger partial charge < -0.3 is 24.4 Å². The average Bonchev–Trinajstić information content (AvgIpc) is 3.01. The normalized spacial score (nSPS) is 11.7. The largest absolute Gasteiger partial charge is 0.550 e. The summed E-state index contributed by atoms with van der Waals surface area (Å²) in [5, 5.41) is 13.5. The van der Waals surface area contributed by atoms with Crippen LogP contribution >= 0.6 is 0 Å². The monoisotopic (exact) mass is 302 g/mol. The van der Waals surface area contributed by atoms with E-state index in [0.29, 0.717) is 17.9 Å². The van der Waals surface area contributed by atoms with Crippen molar-refractivity contribution in [2.75, 3.05) is 6.61 Å². The fraction of sp³-hybridized carbons (Fsp3) is 0.250. The first kappa shape index (κ1) is 15.6. The number of aliphatic carboxylic acids is 1. The molecular weight excluding hydrogens is 286 g/mol. The van der Waals surface area contributed by atoms with Crippen LogP contribution in [0.1, 0.15) is 35.5 Å². The van der Waals surface area contributed by atoms with Crippen LogP contribution in [0, 0.1) is 0 Å². The zero-order valence-electron chi connectivity index (χ0n) is 12.1. The van der Waals surface area contributed by atoms with Gasteiger partial charge in [0.2, 0.25) is 0 Å². The molecule has 1 aromatic heterocycles. The number of hydrogen-bond acceptors (Lipinski definition) is 5. The van der Waals surface area contributed by atoms with Crippen LogP contribution in [-0.4, -0.2) is 18.5 Å². The molecule has 1 N–H and O–H groups in total. The molecule has 116 valence electrons. The van der Waals surface area contributed by atoms with Gasteiger partial charge in [-0.2, -0.15) is 0 Å². The van der Waals surface area contributed by atoms with Crippen molar-refractivity contribution in [3.8, 4) is 5.75 Å². The molecule has 1 aromatic carbocycles. The van der Waals surface area contributed by atoms with Gasteiger partial charge in [0, 0.05) is 12.4 Å². The summed E-state index contributed by atoms with van der Waals surface area (Å²) < 4.78 is 10.3. The third kappa shape index (κ3) is 4.12. The lowest BCUT2D eigenvalue weighted by Gasteiger charge is -2.19. The third-order valence-corrected chi connectivity index (χ3v) is 3.01. The van der Waals surface area contributed by atoms with E-state index in [1.807, 2.05) is 6.92 Å². The molecule has 1 atom stereocenters. The van der Waals surface area contributed by atoms with Crippen molar-refractivity contribution in [1.82, 2.24) is 5.32 Å². The Balaban J connectivity index is 2.14. The Kier molecular flexibility index (Phi) is 5.19. The zero-order valence-corrected chi connectivity index (χ0v) is 12.1. The first-order chi connectivity index (χ1) is 10.6. The Bertz CT molecular complexity index is 618. The lowest BCUT2D eigenvalue weighted by molar-refractivity contribution is -0.306. The van der Waals surface area contributed by atoms with Gasteiger partial charge in [-0.25, -0.2) is 0 Å². The number of hydrogen-bond donors (Lipinski definition) is 1. The smallest absolute Gasteiger partial charge is 0.287 e. The molecule has 0 spiro atoms. The van der Waals surface area contributed by atoms with Crippen molar-refractivity contribution < 1.29 is 23.8 Å². The van der Waals surface area contributed by atoms with E-state index in [0.717, 1.165) is 0 Å². The van der Waals surface area contributed by atoms with Gasteiger partial charge in [0.25, 0.3) is 5.91 Å². The van der Waals surface area contributed by atoms with Gasteiger partial charge in [0.1, 0.15) is 5.75 Å². The highest BCUT2D eigenvalue weighted by Crippen LogP contribution is 2.21. The van der Waals surface area contributed by atoms with Crippen molar-refractivity contribution in [2.45, 2.75) is 19.4 Å². The Morgan fingerprint density at radius 3 is 2.55 bits per heavy atom. The predicted octanol–water partition coefficient (Wildman–Crippen LogP) is 1.29. The Labute approximate surface area is 127 Å². The average molecular weight is 302 g/mol. The summed E-state index contributed by atoms with van der Waals surface area (Å²) in [7, 11) is 0. The summed E-state index contributed by atoms with van der Waals surface area (Å²) in [6.45, 7) is 2.41. The molecule has 22 heavy (non-hydrogen) atoms. The molecule has 0 aliphatic heterocycles. The van der Waals surface area contributed by atoms with Gasteiger partial charge in [-0.3, -0.25) is 4.79 Å². The molecule has 2 aromatic rings. The molecule has 1 heterocycles. The number of carboxylic acid groups (broad SMARTS) is 1. The predicted molar refractivity (Wildman–Crippen MR) is 76.2 cm³/mol. The molecule has 0 saturated carbocycles. The highest BCUT2D eigenvalue weighted by Gasteiger charge is 2.17. The number of nitrogens with one attached hydrogen (secondary N) is 1. The highest BCUT2D eigenvalue weighted by atomic mass is 16.5. The number of benzene rings is 1. The van der Waals surface area contributed by atoms with Crippen LogP contribution in [0.25, 0.3) is 0 Å². The Morgan fingerprint density at radius 2 is 2.00 bits per heavy atom. The number of ether oxygens (including phenoxy) is 1.